The Balaban J connectivity index is 1.72. The molecule has 0 fully saturated rings. The molecule has 2 aromatic rings. The fourth-order valence-electron chi connectivity index (χ4n) is 1.63. The van der Waals surface area contributed by atoms with Crippen LogP contribution in [0.15, 0.2) is 41.7 Å². The molecule has 0 aliphatic carbocycles. The highest BCUT2D eigenvalue weighted by molar-refractivity contribution is 7.99. The van der Waals surface area contributed by atoms with Gasteiger partial charge in [-0.25, -0.2) is 14.8 Å². The Kier molecular flexibility index (Phi) is 5.57. The number of carbonyl (C=O) groups is 1. The molecular formula is C15H16N2O3S. The Bertz CT molecular complexity index is 619. The first-order valence-electron chi connectivity index (χ1n) is 6.54. The highest BCUT2D eigenvalue weighted by Gasteiger charge is 2.04. The fraction of sp³-hybridized carbons (Fsp3) is 0.267. The van der Waals surface area contributed by atoms with Gasteiger partial charge in [-0.3, -0.25) is 0 Å². The summed E-state index contributed by atoms with van der Waals surface area (Å²) in [5, 5.41) is 9.66. The highest BCUT2D eigenvalue weighted by atomic mass is 32.2. The van der Waals surface area contributed by atoms with Gasteiger partial charge in [0.15, 0.2) is 5.16 Å². The number of benzene rings is 1. The first kappa shape index (κ1) is 15.3. The van der Waals surface area contributed by atoms with Gasteiger partial charge in [-0.05, 0) is 37.6 Å². The molecule has 0 saturated heterocycles. The van der Waals surface area contributed by atoms with Gasteiger partial charge in [0.2, 0.25) is 0 Å². The monoisotopic (exact) mass is 304 g/mol. The Morgan fingerprint density at radius 3 is 3.00 bits per heavy atom. The average Bonchev–Trinajstić information content (AvgIpc) is 2.47. The van der Waals surface area contributed by atoms with Crippen LogP contribution in [0.1, 0.15) is 22.5 Å². The molecular weight excluding hydrogens is 288 g/mol. The number of carboxylic acid groups (broad SMARTS) is 1. The average molecular weight is 304 g/mol. The largest absolute Gasteiger partial charge is 0.494 e. The SMILES string of the molecule is Cc1ccnc(SCCCOc2cccc(C(=O)O)c2)n1. The maximum atomic E-state index is 10.8. The van der Waals surface area contributed by atoms with E-state index in [9.17, 15) is 4.79 Å². The third-order valence-electron chi connectivity index (χ3n) is 2.64. The van der Waals surface area contributed by atoms with Crippen molar-refractivity contribution in [2.45, 2.75) is 18.5 Å². The molecule has 0 atom stereocenters. The molecule has 2 rings (SSSR count). The molecule has 21 heavy (non-hydrogen) atoms. The van der Waals surface area contributed by atoms with Gasteiger partial charge in [-0.1, -0.05) is 17.8 Å². The van der Waals surface area contributed by atoms with E-state index < -0.39 is 5.97 Å². The van der Waals surface area contributed by atoms with E-state index in [1.807, 2.05) is 13.0 Å². The zero-order valence-corrected chi connectivity index (χ0v) is 12.5. The molecule has 0 unspecified atom stereocenters. The summed E-state index contributed by atoms with van der Waals surface area (Å²) >= 11 is 1.58. The molecule has 1 N–H and O–H groups in total. The second kappa shape index (κ2) is 7.64. The third kappa shape index (κ3) is 5.07. The van der Waals surface area contributed by atoms with Gasteiger partial charge >= 0.3 is 5.97 Å². The van der Waals surface area contributed by atoms with Gasteiger partial charge in [-0.15, -0.1) is 0 Å². The van der Waals surface area contributed by atoms with E-state index in [0.29, 0.717) is 12.4 Å². The minimum atomic E-state index is -0.951. The van der Waals surface area contributed by atoms with Crippen molar-refractivity contribution in [2.75, 3.05) is 12.4 Å². The molecule has 0 saturated carbocycles. The summed E-state index contributed by atoms with van der Waals surface area (Å²) in [5.74, 6) is 0.474. The summed E-state index contributed by atoms with van der Waals surface area (Å²) in [7, 11) is 0. The van der Waals surface area contributed by atoms with Gasteiger partial charge in [0.25, 0.3) is 0 Å². The van der Waals surface area contributed by atoms with Crippen molar-refractivity contribution in [3.8, 4) is 5.75 Å². The van der Waals surface area contributed by atoms with Crippen molar-refractivity contribution in [3.05, 3.63) is 47.8 Å². The Morgan fingerprint density at radius 1 is 1.38 bits per heavy atom. The minimum absolute atomic E-state index is 0.232. The summed E-state index contributed by atoms with van der Waals surface area (Å²) in [6, 6.07) is 8.36. The highest BCUT2D eigenvalue weighted by Crippen LogP contribution is 2.16. The zero-order valence-electron chi connectivity index (χ0n) is 11.7. The number of aryl methyl sites for hydroxylation is 1. The summed E-state index contributed by atoms with van der Waals surface area (Å²) in [6.45, 7) is 2.46. The number of aromatic nitrogens is 2. The topological polar surface area (TPSA) is 72.3 Å². The molecule has 1 heterocycles. The van der Waals surface area contributed by atoms with Crippen molar-refractivity contribution < 1.29 is 14.6 Å². The third-order valence-corrected chi connectivity index (χ3v) is 3.59. The van der Waals surface area contributed by atoms with E-state index in [0.717, 1.165) is 23.0 Å². The lowest BCUT2D eigenvalue weighted by molar-refractivity contribution is 0.0696. The minimum Gasteiger partial charge on any atom is -0.494 e. The smallest absolute Gasteiger partial charge is 0.335 e. The number of hydrogen-bond donors (Lipinski definition) is 1. The van der Waals surface area contributed by atoms with Crippen LogP contribution < -0.4 is 4.74 Å². The zero-order chi connectivity index (χ0) is 15.1. The predicted octanol–water partition coefficient (Wildman–Crippen LogP) is 3.04. The number of rotatable bonds is 7. The molecule has 110 valence electrons. The van der Waals surface area contributed by atoms with Crippen LogP contribution in [0, 0.1) is 6.92 Å². The summed E-state index contributed by atoms with van der Waals surface area (Å²) in [4.78, 5) is 19.3. The van der Waals surface area contributed by atoms with E-state index in [1.54, 1.807) is 36.2 Å². The first-order valence-corrected chi connectivity index (χ1v) is 7.52. The van der Waals surface area contributed by atoms with E-state index in [2.05, 4.69) is 9.97 Å². The second-order valence-electron chi connectivity index (χ2n) is 4.36. The van der Waals surface area contributed by atoms with Crippen molar-refractivity contribution in [1.82, 2.24) is 9.97 Å². The van der Waals surface area contributed by atoms with Gasteiger partial charge in [0, 0.05) is 17.6 Å². The quantitative estimate of drug-likeness (QED) is 0.481. The van der Waals surface area contributed by atoms with Gasteiger partial charge in [0.1, 0.15) is 5.75 Å². The predicted molar refractivity (Wildman–Crippen MR) is 81.0 cm³/mol. The van der Waals surface area contributed by atoms with Gasteiger partial charge < -0.3 is 9.84 Å². The van der Waals surface area contributed by atoms with Crippen LogP contribution in [0.25, 0.3) is 0 Å². The van der Waals surface area contributed by atoms with E-state index in [4.69, 9.17) is 9.84 Å². The van der Waals surface area contributed by atoms with Crippen LogP contribution >= 0.6 is 11.8 Å². The first-order chi connectivity index (χ1) is 10.1. The number of hydrogen-bond acceptors (Lipinski definition) is 5. The van der Waals surface area contributed by atoms with Crippen molar-refractivity contribution in [1.29, 1.82) is 0 Å². The molecule has 0 radical (unpaired) electrons. The molecule has 0 spiro atoms. The second-order valence-corrected chi connectivity index (χ2v) is 5.43. The normalized spacial score (nSPS) is 10.3. The number of carboxylic acids is 1. The van der Waals surface area contributed by atoms with Crippen molar-refractivity contribution in [3.63, 3.8) is 0 Å². The molecule has 0 aliphatic rings. The van der Waals surface area contributed by atoms with Gasteiger partial charge in [-0.2, -0.15) is 0 Å². The Hall–Kier alpha value is -2.08. The summed E-state index contributed by atoms with van der Waals surface area (Å²) in [5.41, 5.74) is 1.18. The number of aromatic carboxylic acids is 1. The fourth-order valence-corrected chi connectivity index (χ4v) is 2.42. The number of ether oxygens (including phenoxy) is 1. The molecule has 1 aromatic carbocycles. The lowest BCUT2D eigenvalue weighted by Gasteiger charge is -2.06. The Morgan fingerprint density at radius 2 is 2.24 bits per heavy atom. The molecule has 0 amide bonds. The van der Waals surface area contributed by atoms with Crippen LogP contribution in [0.3, 0.4) is 0 Å². The van der Waals surface area contributed by atoms with E-state index >= 15 is 0 Å². The standard InChI is InChI=1S/C15H16N2O3S/c1-11-6-7-16-15(17-11)21-9-3-8-20-13-5-2-4-12(10-13)14(18)19/h2,4-7,10H,3,8-9H2,1H3,(H,18,19). The van der Waals surface area contributed by atoms with Crippen molar-refractivity contribution >= 4 is 17.7 Å². The lowest BCUT2D eigenvalue weighted by Crippen LogP contribution is -2.01. The molecule has 6 heteroatoms. The molecule has 0 aliphatic heterocycles. The number of thioether (sulfide) groups is 1. The van der Waals surface area contributed by atoms with Crippen LogP contribution in [0.2, 0.25) is 0 Å². The van der Waals surface area contributed by atoms with Crippen LogP contribution in [0.4, 0.5) is 0 Å². The van der Waals surface area contributed by atoms with Crippen molar-refractivity contribution in [2.24, 2.45) is 0 Å². The van der Waals surface area contributed by atoms with Crippen LogP contribution in [-0.4, -0.2) is 33.4 Å². The number of nitrogens with zero attached hydrogens (tertiary/aromatic N) is 2. The lowest BCUT2D eigenvalue weighted by atomic mass is 10.2. The van der Waals surface area contributed by atoms with Gasteiger partial charge in [0.05, 0.1) is 12.2 Å². The Labute approximate surface area is 127 Å². The van der Waals surface area contributed by atoms with Crippen LogP contribution in [-0.2, 0) is 0 Å². The molecule has 1 aromatic heterocycles. The maximum Gasteiger partial charge on any atom is 0.335 e. The summed E-state index contributed by atoms with van der Waals surface area (Å²) < 4.78 is 5.54. The molecule has 0 bridgehead atoms. The summed E-state index contributed by atoms with van der Waals surface area (Å²) in [6.07, 6.45) is 2.58. The maximum absolute atomic E-state index is 10.8. The van der Waals surface area contributed by atoms with E-state index in [1.165, 1.54) is 6.07 Å². The van der Waals surface area contributed by atoms with E-state index in [-0.39, 0.29) is 5.56 Å². The molecule has 5 nitrogen and oxygen atoms in total. The van der Waals surface area contributed by atoms with Crippen LogP contribution in [0.5, 0.6) is 5.75 Å².